The van der Waals surface area contributed by atoms with Gasteiger partial charge in [0.2, 0.25) is 0 Å². The molecule has 4 heteroatoms. The van der Waals surface area contributed by atoms with E-state index in [0.29, 0.717) is 12.5 Å². The highest BCUT2D eigenvalue weighted by Crippen LogP contribution is 2.00. The average molecular weight is 199 g/mol. The molecule has 0 aliphatic carbocycles. The minimum atomic E-state index is -0.222. The second kappa shape index (κ2) is 5.98. The van der Waals surface area contributed by atoms with Crippen LogP contribution in [0, 0.1) is 12.5 Å². The first-order chi connectivity index (χ1) is 6.68. The minimum absolute atomic E-state index is 0.222. The maximum absolute atomic E-state index is 11.3. The van der Waals surface area contributed by atoms with E-state index in [1.54, 1.807) is 6.54 Å². The van der Waals surface area contributed by atoms with Gasteiger partial charge in [0.25, 0.3) is 0 Å². The van der Waals surface area contributed by atoms with Gasteiger partial charge in [0.1, 0.15) is 6.54 Å². The zero-order valence-corrected chi connectivity index (χ0v) is 8.95. The van der Waals surface area contributed by atoms with Gasteiger partial charge in [0.05, 0.1) is 6.61 Å². The number of rotatable bonds is 4. The second-order valence-electron chi connectivity index (χ2n) is 3.94. The molecule has 0 bridgehead atoms. The molecule has 1 aliphatic rings. The number of carbonyl (C=O) groups is 1. The van der Waals surface area contributed by atoms with E-state index in [-0.39, 0.29) is 5.97 Å². The Hall–Kier alpha value is -0.610. The number of nitrogens with one attached hydrogen (secondary N) is 1. The Morgan fingerprint density at radius 3 is 2.71 bits per heavy atom. The van der Waals surface area contributed by atoms with Gasteiger partial charge in [-0.3, -0.25) is 9.69 Å². The van der Waals surface area contributed by atoms with Crippen molar-refractivity contribution >= 4 is 5.97 Å². The third-order valence-corrected chi connectivity index (χ3v) is 2.00. The number of esters is 1. The zero-order chi connectivity index (χ0) is 10.4. The van der Waals surface area contributed by atoms with Gasteiger partial charge in [-0.25, -0.2) is 0 Å². The van der Waals surface area contributed by atoms with Crippen LogP contribution in [0.4, 0.5) is 0 Å². The molecule has 0 aromatic carbocycles. The third kappa shape index (κ3) is 4.58. The van der Waals surface area contributed by atoms with Gasteiger partial charge in [0.15, 0.2) is 0 Å². The van der Waals surface area contributed by atoms with Gasteiger partial charge >= 0.3 is 5.97 Å². The fourth-order valence-electron chi connectivity index (χ4n) is 1.25. The first-order valence-corrected chi connectivity index (χ1v) is 5.15. The van der Waals surface area contributed by atoms with Crippen molar-refractivity contribution in [3.63, 3.8) is 0 Å². The molecule has 0 unspecified atom stereocenters. The summed E-state index contributed by atoms with van der Waals surface area (Å²) in [5.41, 5.74) is 0. The molecule has 0 amide bonds. The Morgan fingerprint density at radius 1 is 1.50 bits per heavy atom. The van der Waals surface area contributed by atoms with Crippen molar-refractivity contribution in [2.75, 3.05) is 32.8 Å². The third-order valence-electron chi connectivity index (χ3n) is 2.00. The van der Waals surface area contributed by atoms with Crippen molar-refractivity contribution in [2.24, 2.45) is 5.92 Å². The van der Waals surface area contributed by atoms with Crippen molar-refractivity contribution in [2.45, 2.75) is 13.8 Å². The van der Waals surface area contributed by atoms with Crippen LogP contribution in [0.1, 0.15) is 13.8 Å². The molecule has 0 spiro atoms. The molecular formula is C10H19N2O2. The largest absolute Gasteiger partial charge is 0.464 e. The highest BCUT2D eigenvalue weighted by molar-refractivity contribution is 5.78. The van der Waals surface area contributed by atoms with Gasteiger partial charge in [-0.15, -0.1) is 0 Å². The molecule has 14 heavy (non-hydrogen) atoms. The lowest BCUT2D eigenvalue weighted by Gasteiger charge is -2.25. The Bertz CT molecular complexity index is 177. The van der Waals surface area contributed by atoms with Crippen LogP contribution in [0.15, 0.2) is 0 Å². The monoisotopic (exact) mass is 199 g/mol. The first-order valence-electron chi connectivity index (χ1n) is 5.15. The average Bonchev–Trinajstić information content (AvgIpc) is 2.16. The zero-order valence-electron chi connectivity index (χ0n) is 8.95. The summed E-state index contributed by atoms with van der Waals surface area (Å²) < 4.78 is 5.05. The smallest absolute Gasteiger partial charge is 0.325 e. The quantitative estimate of drug-likeness (QED) is 0.659. The van der Waals surface area contributed by atoms with Crippen molar-refractivity contribution < 1.29 is 9.53 Å². The predicted molar refractivity (Wildman–Crippen MR) is 54.5 cm³/mol. The number of hydrogen-bond donors (Lipinski definition) is 1. The van der Waals surface area contributed by atoms with Crippen LogP contribution in [-0.4, -0.2) is 43.7 Å². The highest BCUT2D eigenvalue weighted by Gasteiger charge is 2.15. The number of ether oxygens (including phenoxy) is 1. The molecule has 1 rings (SSSR count). The molecule has 0 atom stereocenters. The number of nitrogens with zero attached hydrogens (tertiary/aromatic N) is 1. The normalized spacial score (nSPS) is 18.5. The SMILES string of the molecule is CC(C)COC(=O)[CH]N1CCNCC1. The van der Waals surface area contributed by atoms with E-state index in [9.17, 15) is 4.79 Å². The molecule has 81 valence electrons. The molecular weight excluding hydrogens is 180 g/mol. The molecule has 1 saturated heterocycles. The van der Waals surface area contributed by atoms with Crippen LogP contribution < -0.4 is 5.32 Å². The van der Waals surface area contributed by atoms with Gasteiger partial charge in [0, 0.05) is 26.2 Å². The van der Waals surface area contributed by atoms with Crippen LogP contribution >= 0.6 is 0 Å². The Kier molecular flexibility index (Phi) is 4.90. The summed E-state index contributed by atoms with van der Waals surface area (Å²) in [4.78, 5) is 13.3. The van der Waals surface area contributed by atoms with E-state index < -0.39 is 0 Å². The molecule has 1 N–H and O–H groups in total. The predicted octanol–water partition coefficient (Wildman–Crippen LogP) is 0.253. The van der Waals surface area contributed by atoms with Crippen molar-refractivity contribution in [1.82, 2.24) is 10.2 Å². The number of hydrogen-bond acceptors (Lipinski definition) is 4. The van der Waals surface area contributed by atoms with E-state index in [1.165, 1.54) is 0 Å². The number of carbonyl (C=O) groups excluding carboxylic acids is 1. The fourth-order valence-corrected chi connectivity index (χ4v) is 1.25. The molecule has 0 saturated carbocycles. The Balaban J connectivity index is 2.12. The fraction of sp³-hybridized carbons (Fsp3) is 0.800. The van der Waals surface area contributed by atoms with Gasteiger partial charge in [-0.05, 0) is 5.92 Å². The van der Waals surface area contributed by atoms with Crippen LogP contribution in [-0.2, 0) is 9.53 Å². The summed E-state index contributed by atoms with van der Waals surface area (Å²) in [6.07, 6.45) is 0. The molecule has 1 fully saturated rings. The molecule has 4 nitrogen and oxygen atoms in total. The summed E-state index contributed by atoms with van der Waals surface area (Å²) >= 11 is 0. The lowest BCUT2D eigenvalue weighted by atomic mass is 10.2. The van der Waals surface area contributed by atoms with E-state index >= 15 is 0 Å². The lowest BCUT2D eigenvalue weighted by molar-refractivity contribution is -0.142. The molecule has 0 aromatic heterocycles. The maximum atomic E-state index is 11.3. The topological polar surface area (TPSA) is 41.6 Å². The summed E-state index contributed by atoms with van der Waals surface area (Å²) in [7, 11) is 0. The molecule has 1 aliphatic heterocycles. The first kappa shape index (κ1) is 11.5. The standard InChI is InChI=1S/C10H19N2O2/c1-9(2)8-14-10(13)7-12-5-3-11-4-6-12/h7,9,11H,3-6,8H2,1-2H3. The van der Waals surface area contributed by atoms with Gasteiger partial charge < -0.3 is 10.1 Å². The Labute approximate surface area is 85.6 Å². The second-order valence-corrected chi connectivity index (χ2v) is 3.94. The van der Waals surface area contributed by atoms with Crippen LogP contribution in [0.25, 0.3) is 0 Å². The van der Waals surface area contributed by atoms with Crippen LogP contribution in [0.5, 0.6) is 0 Å². The highest BCUT2D eigenvalue weighted by atomic mass is 16.5. The molecule has 1 heterocycles. The van der Waals surface area contributed by atoms with Crippen LogP contribution in [0.3, 0.4) is 0 Å². The lowest BCUT2D eigenvalue weighted by Crippen LogP contribution is -2.43. The van der Waals surface area contributed by atoms with E-state index in [0.717, 1.165) is 26.2 Å². The van der Waals surface area contributed by atoms with Crippen molar-refractivity contribution in [1.29, 1.82) is 0 Å². The summed E-state index contributed by atoms with van der Waals surface area (Å²) in [5, 5.41) is 3.22. The summed E-state index contributed by atoms with van der Waals surface area (Å²) in [5.74, 6) is 0.177. The van der Waals surface area contributed by atoms with Crippen molar-refractivity contribution in [3.05, 3.63) is 6.54 Å². The van der Waals surface area contributed by atoms with E-state index in [1.807, 2.05) is 18.7 Å². The molecule has 0 aromatic rings. The minimum Gasteiger partial charge on any atom is -0.464 e. The molecule has 1 radical (unpaired) electrons. The van der Waals surface area contributed by atoms with Crippen LogP contribution in [0.2, 0.25) is 0 Å². The summed E-state index contributed by atoms with van der Waals surface area (Å²) in [6.45, 7) is 9.77. The summed E-state index contributed by atoms with van der Waals surface area (Å²) in [6, 6.07) is 0. The van der Waals surface area contributed by atoms with Gasteiger partial charge in [-0.2, -0.15) is 0 Å². The van der Waals surface area contributed by atoms with E-state index in [4.69, 9.17) is 4.74 Å². The maximum Gasteiger partial charge on any atom is 0.325 e. The Morgan fingerprint density at radius 2 is 2.14 bits per heavy atom. The van der Waals surface area contributed by atoms with Gasteiger partial charge in [-0.1, -0.05) is 13.8 Å². The van der Waals surface area contributed by atoms with E-state index in [2.05, 4.69) is 5.32 Å². The van der Waals surface area contributed by atoms with Crippen molar-refractivity contribution in [3.8, 4) is 0 Å². The number of piperazine rings is 1.